The van der Waals surface area contributed by atoms with Gasteiger partial charge in [0.15, 0.2) is 5.82 Å². The Morgan fingerprint density at radius 2 is 2.04 bits per heavy atom. The summed E-state index contributed by atoms with van der Waals surface area (Å²) in [6.45, 7) is 5.59. The number of hydrogen-bond donors (Lipinski definition) is 2. The van der Waals surface area contributed by atoms with Crippen molar-refractivity contribution in [3.8, 4) is 6.07 Å². The molecule has 136 valence electrons. The van der Waals surface area contributed by atoms with Crippen LogP contribution in [0.4, 0.5) is 11.9 Å². The van der Waals surface area contributed by atoms with Crippen LogP contribution < -0.4 is 10.6 Å². The molecule has 3 N–H and O–H groups in total. The topological polar surface area (TPSA) is 134 Å². The Morgan fingerprint density at radius 3 is 2.62 bits per heavy atom. The zero-order chi connectivity index (χ0) is 19.4. The van der Waals surface area contributed by atoms with Crippen molar-refractivity contribution in [3.63, 3.8) is 0 Å². The molecule has 0 bridgehead atoms. The molecular formula is C17H21N7O2. The van der Waals surface area contributed by atoms with Gasteiger partial charge in [0.05, 0.1) is 17.7 Å². The van der Waals surface area contributed by atoms with Crippen molar-refractivity contribution >= 4 is 29.5 Å². The minimum atomic E-state index is -0.406. The number of nitrogen functional groups attached to an aromatic ring is 1. The van der Waals surface area contributed by atoms with Crippen molar-refractivity contribution in [2.75, 3.05) is 31.3 Å². The molecule has 2 aromatic heterocycles. The van der Waals surface area contributed by atoms with Crippen LogP contribution in [0.2, 0.25) is 0 Å². The van der Waals surface area contributed by atoms with Crippen LogP contribution in [0.3, 0.4) is 0 Å². The Hall–Kier alpha value is -3.41. The highest BCUT2D eigenvalue weighted by atomic mass is 16.5. The number of carbonyl (C=O) groups is 1. The molecule has 0 aliphatic carbocycles. The first-order valence-electron chi connectivity index (χ1n) is 7.95. The molecule has 9 nitrogen and oxygen atoms in total. The molecule has 0 aliphatic heterocycles. The highest BCUT2D eigenvalue weighted by Gasteiger charge is 2.19. The fourth-order valence-electron chi connectivity index (χ4n) is 2.42. The van der Waals surface area contributed by atoms with Gasteiger partial charge in [0.2, 0.25) is 11.9 Å². The van der Waals surface area contributed by atoms with Crippen LogP contribution in [-0.2, 0) is 4.74 Å². The number of anilines is 2. The predicted molar refractivity (Wildman–Crippen MR) is 98.3 cm³/mol. The van der Waals surface area contributed by atoms with E-state index in [9.17, 15) is 10.1 Å². The molecule has 0 amide bonds. The Kier molecular flexibility index (Phi) is 5.57. The maximum atomic E-state index is 12.1. The van der Waals surface area contributed by atoms with Crippen LogP contribution in [-0.4, -0.2) is 46.6 Å². The minimum absolute atomic E-state index is 0.0199. The van der Waals surface area contributed by atoms with E-state index in [0.717, 1.165) is 0 Å². The molecule has 0 aromatic carbocycles. The number of allylic oxidation sites excluding steroid dienone is 1. The summed E-state index contributed by atoms with van der Waals surface area (Å²) in [6.07, 6.45) is 1.58. The van der Waals surface area contributed by atoms with E-state index in [4.69, 9.17) is 10.5 Å². The minimum Gasteiger partial charge on any atom is -0.462 e. The van der Waals surface area contributed by atoms with Gasteiger partial charge in [-0.05, 0) is 32.4 Å². The van der Waals surface area contributed by atoms with Gasteiger partial charge in [-0.3, -0.25) is 0 Å². The average Bonchev–Trinajstić information content (AvgIpc) is 2.85. The van der Waals surface area contributed by atoms with Gasteiger partial charge in [0, 0.05) is 25.5 Å². The lowest BCUT2D eigenvalue weighted by Gasteiger charge is -2.10. The van der Waals surface area contributed by atoms with Gasteiger partial charge in [0.25, 0.3) is 0 Å². The van der Waals surface area contributed by atoms with Crippen LogP contribution in [0.1, 0.15) is 40.1 Å². The predicted octanol–water partition coefficient (Wildman–Crippen LogP) is 1.71. The standard InChI is InChI=1S/C17H21N7O2/c1-6-26-15(25)13-9(2)12(20-10(13)3)7-11(8-18)14-21-16(19)23-17(22-14)24(4)5/h7,20H,6H2,1-5H3,(H2,19,21,22,23)/b11-7+. The second-order valence-electron chi connectivity index (χ2n) is 5.77. The third-order valence-electron chi connectivity index (χ3n) is 3.65. The van der Waals surface area contributed by atoms with Gasteiger partial charge >= 0.3 is 5.97 Å². The number of hydrogen-bond acceptors (Lipinski definition) is 8. The van der Waals surface area contributed by atoms with Gasteiger partial charge < -0.3 is 20.4 Å². The zero-order valence-corrected chi connectivity index (χ0v) is 15.4. The zero-order valence-electron chi connectivity index (χ0n) is 15.4. The van der Waals surface area contributed by atoms with E-state index >= 15 is 0 Å². The summed E-state index contributed by atoms with van der Waals surface area (Å²) in [6, 6.07) is 2.07. The number of rotatable bonds is 5. The summed E-state index contributed by atoms with van der Waals surface area (Å²) in [4.78, 5) is 29.2. The van der Waals surface area contributed by atoms with Crippen molar-refractivity contribution in [3.05, 3.63) is 28.3 Å². The molecule has 0 radical (unpaired) electrons. The molecule has 2 heterocycles. The highest BCUT2D eigenvalue weighted by molar-refractivity contribution is 5.95. The molecule has 2 aromatic rings. The number of nitrogens with two attached hydrogens (primary N) is 1. The van der Waals surface area contributed by atoms with Crippen molar-refractivity contribution in [1.29, 1.82) is 5.26 Å². The molecule has 0 unspecified atom stereocenters. The maximum absolute atomic E-state index is 12.1. The van der Waals surface area contributed by atoms with Gasteiger partial charge in [-0.1, -0.05) is 0 Å². The lowest BCUT2D eigenvalue weighted by Crippen LogP contribution is -2.15. The SMILES string of the molecule is CCOC(=O)c1c(C)[nH]c(/C=C(\C#N)c2nc(N)nc(N(C)C)n2)c1C. The molecule has 9 heteroatoms. The van der Waals surface area contributed by atoms with E-state index in [1.807, 2.05) is 0 Å². The Balaban J connectivity index is 2.53. The van der Waals surface area contributed by atoms with Crippen molar-refractivity contribution in [1.82, 2.24) is 19.9 Å². The molecular weight excluding hydrogens is 334 g/mol. The molecule has 0 spiro atoms. The van der Waals surface area contributed by atoms with E-state index in [0.29, 0.717) is 28.5 Å². The molecule has 0 fully saturated rings. The molecule has 26 heavy (non-hydrogen) atoms. The van der Waals surface area contributed by atoms with Crippen molar-refractivity contribution in [2.45, 2.75) is 20.8 Å². The molecule has 2 rings (SSSR count). The largest absolute Gasteiger partial charge is 0.462 e. The number of esters is 1. The number of carbonyl (C=O) groups excluding carboxylic acids is 1. The number of H-pyrrole nitrogens is 1. The average molecular weight is 355 g/mol. The summed E-state index contributed by atoms with van der Waals surface area (Å²) in [5.41, 5.74) is 8.32. The van der Waals surface area contributed by atoms with Gasteiger partial charge in [0.1, 0.15) is 6.07 Å². The smallest absolute Gasteiger partial charge is 0.340 e. The summed E-state index contributed by atoms with van der Waals surface area (Å²) in [5, 5.41) is 9.54. The van der Waals surface area contributed by atoms with Crippen LogP contribution in [0.5, 0.6) is 0 Å². The first-order valence-corrected chi connectivity index (χ1v) is 7.95. The number of ether oxygens (including phenoxy) is 1. The van der Waals surface area contributed by atoms with Crippen LogP contribution in [0.15, 0.2) is 0 Å². The monoisotopic (exact) mass is 355 g/mol. The maximum Gasteiger partial charge on any atom is 0.340 e. The van der Waals surface area contributed by atoms with Crippen molar-refractivity contribution in [2.24, 2.45) is 0 Å². The van der Waals surface area contributed by atoms with Crippen LogP contribution >= 0.6 is 0 Å². The number of nitrogens with one attached hydrogen (secondary N) is 1. The third kappa shape index (κ3) is 3.80. The molecule has 0 atom stereocenters. The lowest BCUT2D eigenvalue weighted by atomic mass is 10.1. The summed E-state index contributed by atoms with van der Waals surface area (Å²) < 4.78 is 5.08. The number of aromatic amines is 1. The summed E-state index contributed by atoms with van der Waals surface area (Å²) in [7, 11) is 3.52. The fraction of sp³-hybridized carbons (Fsp3) is 0.353. The Morgan fingerprint density at radius 1 is 1.35 bits per heavy atom. The van der Waals surface area contributed by atoms with E-state index in [1.54, 1.807) is 45.8 Å². The Labute approximate surface area is 151 Å². The number of aryl methyl sites for hydroxylation is 1. The summed E-state index contributed by atoms with van der Waals surface area (Å²) in [5.74, 6) is 0.121. The molecule has 0 aliphatic rings. The third-order valence-corrected chi connectivity index (χ3v) is 3.65. The van der Waals surface area contributed by atoms with Gasteiger partial charge in [-0.15, -0.1) is 0 Å². The van der Waals surface area contributed by atoms with Crippen molar-refractivity contribution < 1.29 is 9.53 Å². The number of nitrogens with zero attached hydrogens (tertiary/aromatic N) is 5. The molecule has 0 saturated carbocycles. The first kappa shape index (κ1) is 18.9. The van der Waals surface area contributed by atoms with E-state index in [1.165, 1.54) is 0 Å². The van der Waals surface area contributed by atoms with Gasteiger partial charge in [-0.25, -0.2) is 4.79 Å². The van der Waals surface area contributed by atoms with E-state index in [-0.39, 0.29) is 24.0 Å². The molecule has 0 saturated heterocycles. The number of aromatic nitrogens is 4. The number of nitriles is 1. The Bertz CT molecular complexity index is 907. The van der Waals surface area contributed by atoms with Gasteiger partial charge in [-0.2, -0.15) is 20.2 Å². The second kappa shape index (κ2) is 7.65. The summed E-state index contributed by atoms with van der Waals surface area (Å²) >= 11 is 0. The lowest BCUT2D eigenvalue weighted by molar-refractivity contribution is 0.0525. The fourth-order valence-corrected chi connectivity index (χ4v) is 2.42. The van der Waals surface area contributed by atoms with Crippen LogP contribution in [0.25, 0.3) is 11.6 Å². The normalized spacial score (nSPS) is 11.2. The van der Waals surface area contributed by atoms with E-state index in [2.05, 4.69) is 26.0 Å². The van der Waals surface area contributed by atoms with E-state index < -0.39 is 5.97 Å². The second-order valence-corrected chi connectivity index (χ2v) is 5.77. The highest BCUT2D eigenvalue weighted by Crippen LogP contribution is 2.23. The van der Waals surface area contributed by atoms with Crippen LogP contribution in [0, 0.1) is 25.2 Å². The quantitative estimate of drug-likeness (QED) is 0.611. The first-order chi connectivity index (χ1) is 12.3.